The quantitative estimate of drug-likeness (QED) is 0.211. The SMILES string of the molecule is CC1(Oc2ccc3[nH]nc(-c4cc(N5CCN(CC6CN(CCC7CCN(c8ccc9c(c8F)CN(C8CCC(=O)NC8=O)C9=O)CC7)CCO6)CC5)ncn4)c3c2)CC1. The molecule has 0 spiro atoms. The molecule has 7 heterocycles. The lowest BCUT2D eigenvalue weighted by molar-refractivity contribution is -0.136. The number of anilines is 2. The van der Waals surface area contributed by atoms with Crippen LogP contribution in [0.3, 0.4) is 0 Å². The van der Waals surface area contributed by atoms with Crippen LogP contribution < -0.4 is 19.9 Å². The zero-order valence-corrected chi connectivity index (χ0v) is 34.2. The maximum atomic E-state index is 16.0. The van der Waals surface area contributed by atoms with Crippen LogP contribution in [0.25, 0.3) is 22.3 Å². The highest BCUT2D eigenvalue weighted by molar-refractivity contribution is 6.05. The van der Waals surface area contributed by atoms with Crippen molar-refractivity contribution in [1.82, 2.24) is 40.2 Å². The fourth-order valence-electron chi connectivity index (χ4n) is 9.67. The molecule has 4 aromatic rings. The first-order valence-corrected chi connectivity index (χ1v) is 21.7. The summed E-state index contributed by atoms with van der Waals surface area (Å²) in [6, 6.07) is 10.8. The van der Waals surface area contributed by atoms with Crippen molar-refractivity contribution in [3.05, 3.63) is 59.7 Å². The first-order chi connectivity index (χ1) is 29.2. The molecule has 3 amide bonds. The number of halogens is 1. The van der Waals surface area contributed by atoms with Gasteiger partial charge in [-0.2, -0.15) is 5.10 Å². The van der Waals surface area contributed by atoms with Gasteiger partial charge in [-0.25, -0.2) is 14.4 Å². The molecule has 4 saturated heterocycles. The highest BCUT2D eigenvalue weighted by Crippen LogP contribution is 2.41. The van der Waals surface area contributed by atoms with Gasteiger partial charge in [0, 0.05) is 87.9 Å². The van der Waals surface area contributed by atoms with Gasteiger partial charge in [0.25, 0.3) is 5.91 Å². The predicted octanol–water partition coefficient (Wildman–Crippen LogP) is 3.98. The number of benzene rings is 2. The number of ether oxygens (including phenoxy) is 2. The number of aromatic amines is 1. The van der Waals surface area contributed by atoms with Crippen LogP contribution in [-0.2, 0) is 20.9 Å². The number of carbonyl (C=O) groups excluding carboxylic acids is 3. The molecule has 1 aliphatic carbocycles. The Balaban J connectivity index is 0.675. The Morgan fingerprint density at radius 1 is 0.933 bits per heavy atom. The first kappa shape index (κ1) is 39.0. The van der Waals surface area contributed by atoms with E-state index in [1.54, 1.807) is 18.5 Å². The number of H-pyrrole nitrogens is 1. The van der Waals surface area contributed by atoms with E-state index in [1.807, 2.05) is 18.2 Å². The molecule has 0 radical (unpaired) electrons. The summed E-state index contributed by atoms with van der Waals surface area (Å²) in [4.78, 5) is 57.4. The first-order valence-electron chi connectivity index (χ1n) is 21.7. The number of hydrogen-bond donors (Lipinski definition) is 2. The second-order valence-electron chi connectivity index (χ2n) is 17.7. The molecule has 5 fully saturated rings. The number of piperazine rings is 1. The van der Waals surface area contributed by atoms with Crippen molar-refractivity contribution >= 4 is 40.1 Å². The van der Waals surface area contributed by atoms with Crippen LogP contribution in [0.1, 0.15) is 67.8 Å². The number of fused-ring (bicyclic) bond motifs is 2. The van der Waals surface area contributed by atoms with Gasteiger partial charge < -0.3 is 24.2 Å². The van der Waals surface area contributed by atoms with Crippen LogP contribution in [-0.4, -0.2) is 142 Å². The van der Waals surface area contributed by atoms with E-state index in [-0.39, 0.29) is 48.7 Å². The highest BCUT2D eigenvalue weighted by atomic mass is 19.1. The van der Waals surface area contributed by atoms with Crippen molar-refractivity contribution in [2.45, 2.75) is 76.2 Å². The lowest BCUT2D eigenvalue weighted by Crippen LogP contribution is -2.53. The van der Waals surface area contributed by atoms with Crippen molar-refractivity contribution in [3.63, 3.8) is 0 Å². The number of piperidine rings is 2. The van der Waals surface area contributed by atoms with Gasteiger partial charge in [-0.05, 0) is 88.2 Å². The second-order valence-corrected chi connectivity index (χ2v) is 17.7. The van der Waals surface area contributed by atoms with Crippen LogP contribution in [0.5, 0.6) is 5.75 Å². The van der Waals surface area contributed by atoms with Crippen LogP contribution in [0.4, 0.5) is 15.9 Å². The van der Waals surface area contributed by atoms with Crippen molar-refractivity contribution in [3.8, 4) is 17.1 Å². The third-order valence-corrected chi connectivity index (χ3v) is 13.6. The van der Waals surface area contributed by atoms with Crippen molar-refractivity contribution < 1.29 is 28.2 Å². The average Bonchev–Trinajstić information content (AvgIpc) is 3.67. The number of morpholine rings is 1. The Hall–Kier alpha value is -5.19. The van der Waals surface area contributed by atoms with E-state index >= 15 is 4.39 Å². The molecule has 2 aromatic carbocycles. The van der Waals surface area contributed by atoms with Gasteiger partial charge in [-0.15, -0.1) is 0 Å². The lowest BCUT2D eigenvalue weighted by Gasteiger charge is -2.40. The molecule has 10 rings (SSSR count). The molecule has 2 atom stereocenters. The largest absolute Gasteiger partial charge is 0.488 e. The fourth-order valence-corrected chi connectivity index (χ4v) is 9.67. The Morgan fingerprint density at radius 3 is 2.57 bits per heavy atom. The molecular formula is C44H53FN10O5. The van der Waals surface area contributed by atoms with Crippen LogP contribution in [0.2, 0.25) is 0 Å². The summed E-state index contributed by atoms with van der Waals surface area (Å²) in [5, 5.41) is 11.1. The maximum Gasteiger partial charge on any atom is 0.255 e. The number of nitrogens with one attached hydrogen (secondary N) is 2. The molecule has 16 heteroatoms. The van der Waals surface area contributed by atoms with Gasteiger partial charge >= 0.3 is 0 Å². The van der Waals surface area contributed by atoms with Crippen molar-refractivity contribution in [1.29, 1.82) is 0 Å². The molecule has 60 heavy (non-hydrogen) atoms. The number of nitrogens with zero attached hydrogens (tertiary/aromatic N) is 8. The van der Waals surface area contributed by atoms with E-state index in [4.69, 9.17) is 9.47 Å². The van der Waals surface area contributed by atoms with Gasteiger partial charge in [-0.3, -0.25) is 34.6 Å². The van der Waals surface area contributed by atoms with Crippen molar-refractivity contribution in [2.75, 3.05) is 81.9 Å². The summed E-state index contributed by atoms with van der Waals surface area (Å²) in [6.07, 6.45) is 7.46. The summed E-state index contributed by atoms with van der Waals surface area (Å²) >= 11 is 0. The normalized spacial score (nSPS) is 24.0. The molecule has 15 nitrogen and oxygen atoms in total. The molecule has 2 unspecified atom stereocenters. The monoisotopic (exact) mass is 820 g/mol. The topological polar surface area (TPSA) is 152 Å². The van der Waals surface area contributed by atoms with E-state index < -0.39 is 11.9 Å². The molecule has 2 N–H and O–H groups in total. The third kappa shape index (κ3) is 7.92. The number of amides is 3. The summed E-state index contributed by atoms with van der Waals surface area (Å²) in [6.45, 7) is 11.8. The average molecular weight is 821 g/mol. The summed E-state index contributed by atoms with van der Waals surface area (Å²) in [5.41, 5.74) is 3.66. The van der Waals surface area contributed by atoms with Crippen LogP contribution in [0, 0.1) is 11.7 Å². The second kappa shape index (κ2) is 16.0. The van der Waals surface area contributed by atoms with Gasteiger partial charge in [0.2, 0.25) is 11.8 Å². The minimum absolute atomic E-state index is 0.0413. The third-order valence-electron chi connectivity index (χ3n) is 13.6. The number of hydrogen-bond acceptors (Lipinski definition) is 12. The molecule has 316 valence electrons. The zero-order chi connectivity index (χ0) is 41.0. The number of aromatic nitrogens is 4. The van der Waals surface area contributed by atoms with Gasteiger partial charge in [0.15, 0.2) is 5.82 Å². The van der Waals surface area contributed by atoms with Crippen molar-refractivity contribution in [2.24, 2.45) is 5.92 Å². The maximum absolute atomic E-state index is 16.0. The van der Waals surface area contributed by atoms with Crippen LogP contribution in [0.15, 0.2) is 42.7 Å². The molecule has 1 saturated carbocycles. The zero-order valence-electron chi connectivity index (χ0n) is 34.2. The van der Waals surface area contributed by atoms with E-state index in [0.717, 1.165) is 138 Å². The Bertz CT molecular complexity index is 2280. The van der Waals surface area contributed by atoms with E-state index in [9.17, 15) is 14.4 Å². The Labute approximate surface area is 348 Å². The smallest absolute Gasteiger partial charge is 0.255 e. The van der Waals surface area contributed by atoms with Gasteiger partial charge in [0.05, 0.1) is 36.2 Å². The minimum atomic E-state index is -0.758. The Morgan fingerprint density at radius 2 is 1.77 bits per heavy atom. The summed E-state index contributed by atoms with van der Waals surface area (Å²) < 4.78 is 28.5. The lowest BCUT2D eigenvalue weighted by atomic mass is 9.92. The molecular weight excluding hydrogens is 768 g/mol. The summed E-state index contributed by atoms with van der Waals surface area (Å²) in [5.74, 6) is 0.770. The predicted molar refractivity (Wildman–Crippen MR) is 222 cm³/mol. The van der Waals surface area contributed by atoms with E-state index in [2.05, 4.69) is 58.1 Å². The Kier molecular flexibility index (Phi) is 10.4. The van der Waals surface area contributed by atoms with Gasteiger partial charge in [-0.1, -0.05) is 0 Å². The standard InChI is InChI=1S/C44H53FN10O5/c1-44(11-12-44)60-29-2-4-34-32(22-29)41(50-49-34)35-23-38(47-27-46-35)54-18-16-52(17-19-54)25-30-24-51(20-21-59-30)13-8-28-9-14-53(15-10-28)36-5-3-31-33(40(36)45)26-55(43(31)58)37-6-7-39(56)48-42(37)57/h2-5,22-23,27-28,30,37H,6-21,24-26H2,1H3,(H,49,50)(H,48,56,57). The van der Waals surface area contributed by atoms with E-state index in [1.165, 1.54) is 4.90 Å². The molecule has 6 aliphatic rings. The molecule has 2 aromatic heterocycles. The van der Waals surface area contributed by atoms with Gasteiger partial charge in [0.1, 0.15) is 35.2 Å². The molecule has 5 aliphatic heterocycles. The number of rotatable bonds is 11. The number of imide groups is 1. The highest BCUT2D eigenvalue weighted by Gasteiger charge is 2.42. The fraction of sp³-hybridized carbons (Fsp3) is 0.545. The molecule has 0 bridgehead atoms. The van der Waals surface area contributed by atoms with E-state index in [0.29, 0.717) is 22.7 Å². The number of carbonyl (C=O) groups is 3. The minimum Gasteiger partial charge on any atom is -0.488 e. The van der Waals surface area contributed by atoms with Crippen LogP contribution >= 0.6 is 0 Å². The summed E-state index contributed by atoms with van der Waals surface area (Å²) in [7, 11) is 0.